The van der Waals surface area contributed by atoms with Crippen molar-refractivity contribution >= 4 is 46.8 Å². The monoisotopic (exact) mass is 598 g/mol. The fraction of sp³-hybridized carbons (Fsp3) is 0.226. The fourth-order valence-electron chi connectivity index (χ4n) is 4.72. The van der Waals surface area contributed by atoms with Crippen LogP contribution in [0, 0.1) is 0 Å². The van der Waals surface area contributed by atoms with Crippen molar-refractivity contribution in [2.45, 2.75) is 33.3 Å². The molecule has 13 nitrogen and oxygen atoms in total. The summed E-state index contributed by atoms with van der Waals surface area (Å²) in [4.78, 5) is 56.2. The average Bonchev–Trinajstić information content (AvgIpc) is 3.76. The Morgan fingerprint density at radius 3 is 2.39 bits per heavy atom. The Balaban J connectivity index is 1.53. The molecular weight excluding hydrogens is 566 g/mol. The third-order valence-electron chi connectivity index (χ3n) is 7.20. The summed E-state index contributed by atoms with van der Waals surface area (Å²) in [6, 6.07) is 17.5. The van der Waals surface area contributed by atoms with E-state index in [9.17, 15) is 19.2 Å². The van der Waals surface area contributed by atoms with Gasteiger partial charge in [0.1, 0.15) is 11.8 Å². The van der Waals surface area contributed by atoms with E-state index in [0.717, 1.165) is 0 Å². The van der Waals surface area contributed by atoms with Gasteiger partial charge in [-0.3, -0.25) is 24.5 Å². The van der Waals surface area contributed by atoms with Gasteiger partial charge in [0.05, 0.1) is 17.5 Å². The topological polar surface area (TPSA) is 148 Å². The zero-order valence-corrected chi connectivity index (χ0v) is 24.7. The summed E-state index contributed by atoms with van der Waals surface area (Å²) in [5.41, 5.74) is 1.26. The number of furan rings is 1. The van der Waals surface area contributed by atoms with Crippen molar-refractivity contribution in [3.63, 3.8) is 0 Å². The van der Waals surface area contributed by atoms with Gasteiger partial charge in [0.2, 0.25) is 17.3 Å². The van der Waals surface area contributed by atoms with Crippen molar-refractivity contribution in [2.24, 2.45) is 12.1 Å². The molecule has 4 aromatic rings. The highest BCUT2D eigenvalue weighted by Crippen LogP contribution is 2.39. The first-order valence-electron chi connectivity index (χ1n) is 14.1. The van der Waals surface area contributed by atoms with E-state index in [1.54, 1.807) is 69.4 Å². The molecule has 0 saturated carbocycles. The lowest BCUT2D eigenvalue weighted by Crippen LogP contribution is -2.60. The summed E-state index contributed by atoms with van der Waals surface area (Å²) in [5.74, 6) is -1.26. The minimum absolute atomic E-state index is 0.0216. The lowest BCUT2D eigenvalue weighted by atomic mass is 10.1. The summed E-state index contributed by atoms with van der Waals surface area (Å²) in [6.45, 7) is 5.55. The molecule has 2 unspecified atom stereocenters. The van der Waals surface area contributed by atoms with E-state index in [4.69, 9.17) is 9.15 Å². The van der Waals surface area contributed by atoms with Crippen LogP contribution in [0.1, 0.15) is 53.8 Å². The van der Waals surface area contributed by atoms with E-state index in [-0.39, 0.29) is 35.1 Å². The first-order valence-corrected chi connectivity index (χ1v) is 14.1. The van der Waals surface area contributed by atoms with Crippen molar-refractivity contribution in [1.82, 2.24) is 19.7 Å². The molecule has 5 rings (SSSR count). The van der Waals surface area contributed by atoms with Crippen LogP contribution in [0.4, 0.5) is 26.7 Å². The number of aromatic nitrogens is 2. The van der Waals surface area contributed by atoms with Gasteiger partial charge in [-0.25, -0.2) is 4.79 Å². The number of hydrogen-bond acceptors (Lipinski definition) is 8. The predicted molar refractivity (Wildman–Crippen MR) is 163 cm³/mol. The number of quaternary nitrogens is 1. The second-order valence-corrected chi connectivity index (χ2v) is 9.98. The second-order valence-electron chi connectivity index (χ2n) is 9.98. The molecule has 0 saturated heterocycles. The number of ether oxygens (including phenoxy) is 1. The molecule has 2 aromatic heterocycles. The number of aryl methyl sites for hydroxylation is 1. The number of hydrogen-bond donors (Lipinski definition) is 2. The van der Waals surface area contributed by atoms with E-state index >= 15 is 0 Å². The number of amidine groups is 1. The Bertz CT molecular complexity index is 1740. The summed E-state index contributed by atoms with van der Waals surface area (Å²) in [7, 11) is 1.63. The highest BCUT2D eigenvalue weighted by Gasteiger charge is 2.61. The van der Waals surface area contributed by atoms with Crippen molar-refractivity contribution < 1.29 is 28.3 Å². The number of rotatable bonds is 7. The van der Waals surface area contributed by atoms with E-state index in [1.165, 1.54) is 34.2 Å². The van der Waals surface area contributed by atoms with Gasteiger partial charge in [-0.2, -0.15) is 9.89 Å². The Kier molecular flexibility index (Phi) is 8.40. The molecule has 2 N–H and O–H groups in total. The van der Waals surface area contributed by atoms with E-state index in [2.05, 4.69) is 20.8 Å². The van der Waals surface area contributed by atoms with Gasteiger partial charge in [0, 0.05) is 36.1 Å². The third kappa shape index (κ3) is 5.36. The molecule has 226 valence electrons. The molecule has 5 amide bonds. The molecule has 1 aliphatic rings. The number of carbonyl (C=O) groups excluding carboxylic acids is 4. The first kappa shape index (κ1) is 29.9. The summed E-state index contributed by atoms with van der Waals surface area (Å²) >= 11 is 0. The number of nitrogens with zero attached hydrogens (tertiary/aromatic N) is 5. The van der Waals surface area contributed by atoms with Crippen LogP contribution in [0.3, 0.4) is 0 Å². The molecule has 2 aromatic carbocycles. The number of imide groups is 1. The van der Waals surface area contributed by atoms with Crippen molar-refractivity contribution in [2.75, 3.05) is 16.8 Å². The third-order valence-corrected chi connectivity index (χ3v) is 7.20. The maximum Gasteiger partial charge on any atom is 0.558 e. The molecule has 0 spiro atoms. The first-order chi connectivity index (χ1) is 21.2. The van der Waals surface area contributed by atoms with Gasteiger partial charge in [-0.1, -0.05) is 37.3 Å². The standard InChI is InChI=1S/C31H31N7O6/c1-5-20(3)44-31(42)38(30(41)37(6-2)21-12-8-7-9-13-21)25-17-19-43-26(25)27(35-38)34-28(39)22-14-10-11-15-23(22)33-29(40)24-16-18-32-36(24)4/h7-20H,5-6H2,1-4H3,(H-,33,34,35,39,40)/p+1. The van der Waals surface area contributed by atoms with Crippen molar-refractivity contribution in [3.8, 4) is 0 Å². The van der Waals surface area contributed by atoms with Crippen LogP contribution in [0.2, 0.25) is 0 Å². The molecule has 0 fully saturated rings. The predicted octanol–water partition coefficient (Wildman–Crippen LogP) is 5.26. The summed E-state index contributed by atoms with van der Waals surface area (Å²) in [5, 5.41) is 13.9. The number of amides is 5. The van der Waals surface area contributed by atoms with Gasteiger partial charge < -0.3 is 14.5 Å². The van der Waals surface area contributed by atoms with Crippen LogP contribution in [-0.4, -0.2) is 52.2 Å². The quantitative estimate of drug-likeness (QED) is 0.276. The highest BCUT2D eigenvalue weighted by molar-refractivity contribution is 6.23. The lowest BCUT2D eigenvalue weighted by molar-refractivity contribution is 0.0790. The summed E-state index contributed by atoms with van der Waals surface area (Å²) < 4.78 is 11.5. The molecule has 13 heteroatoms. The molecule has 2 atom stereocenters. The highest BCUT2D eigenvalue weighted by atomic mass is 16.6. The number of fused-ring (bicyclic) bond motifs is 1. The minimum Gasteiger partial charge on any atom is -0.454 e. The van der Waals surface area contributed by atoms with E-state index < -0.39 is 34.6 Å². The Morgan fingerprint density at radius 1 is 0.977 bits per heavy atom. The fourth-order valence-corrected chi connectivity index (χ4v) is 4.72. The van der Waals surface area contributed by atoms with Gasteiger partial charge in [-0.15, -0.1) is 0 Å². The molecule has 0 radical (unpaired) electrons. The maximum absolute atomic E-state index is 14.4. The van der Waals surface area contributed by atoms with Crippen LogP contribution in [0.15, 0.2) is 88.7 Å². The van der Waals surface area contributed by atoms with Crippen molar-refractivity contribution in [3.05, 3.63) is 96.2 Å². The molecule has 44 heavy (non-hydrogen) atoms. The Hall–Kier alpha value is -5.56. The van der Waals surface area contributed by atoms with Crippen LogP contribution in [0.25, 0.3) is 0 Å². The lowest BCUT2D eigenvalue weighted by Gasteiger charge is -2.28. The van der Waals surface area contributed by atoms with Crippen LogP contribution >= 0.6 is 0 Å². The Labute approximate surface area is 253 Å². The molecule has 0 bridgehead atoms. The number of urea groups is 1. The number of para-hydroxylation sites is 2. The number of anilines is 2. The Morgan fingerprint density at radius 2 is 1.70 bits per heavy atom. The largest absolute Gasteiger partial charge is 0.558 e. The zero-order chi connectivity index (χ0) is 31.4. The number of benzene rings is 2. The molecule has 1 aliphatic heterocycles. The number of nitrogens with one attached hydrogen (secondary N) is 2. The minimum atomic E-state index is -1.24. The number of carbonyl (C=O) groups is 4. The van der Waals surface area contributed by atoms with Crippen LogP contribution in [-0.2, 0) is 11.8 Å². The zero-order valence-electron chi connectivity index (χ0n) is 24.7. The van der Waals surface area contributed by atoms with Gasteiger partial charge in [0.25, 0.3) is 11.8 Å². The second kappa shape index (κ2) is 12.4. The van der Waals surface area contributed by atoms with Gasteiger partial charge in [-0.05, 0) is 55.7 Å². The smallest absolute Gasteiger partial charge is 0.454 e. The molecular formula is C31H32N7O6+. The van der Waals surface area contributed by atoms with Crippen LogP contribution in [0.5, 0.6) is 0 Å². The van der Waals surface area contributed by atoms with Gasteiger partial charge >= 0.3 is 12.1 Å². The van der Waals surface area contributed by atoms with Gasteiger partial charge in [0.15, 0.2) is 0 Å². The van der Waals surface area contributed by atoms with Crippen LogP contribution < -0.4 is 20.1 Å². The van der Waals surface area contributed by atoms with Crippen molar-refractivity contribution in [1.29, 1.82) is 0 Å². The van der Waals surface area contributed by atoms with E-state index in [0.29, 0.717) is 17.8 Å². The molecule has 0 aliphatic carbocycles. The van der Waals surface area contributed by atoms with E-state index in [1.807, 2.05) is 13.0 Å². The molecule has 3 heterocycles. The maximum atomic E-state index is 14.4. The average molecular weight is 599 g/mol. The summed E-state index contributed by atoms with van der Waals surface area (Å²) in [6.07, 6.45) is 1.83. The SMILES string of the molecule is CCC(C)OC(=O)[N+]1(C(=O)N(CC)c2ccccc2)N=C(NC(=O)c2ccccc2NC(=O)c2ccnn2C)c2occc21. The normalized spacial score (nSPS) is 16.0.